The van der Waals surface area contributed by atoms with Crippen LogP contribution < -0.4 is 0 Å². The van der Waals surface area contributed by atoms with Gasteiger partial charge in [0.05, 0.1) is 0 Å². The predicted molar refractivity (Wildman–Crippen MR) is 84.8 cm³/mol. The topological polar surface area (TPSA) is 0 Å². The van der Waals surface area contributed by atoms with E-state index in [1.807, 2.05) is 0 Å². The van der Waals surface area contributed by atoms with Crippen molar-refractivity contribution in [1.82, 2.24) is 0 Å². The highest BCUT2D eigenvalue weighted by Gasteiger charge is 1.89. The lowest BCUT2D eigenvalue weighted by molar-refractivity contribution is 0.610. The van der Waals surface area contributed by atoms with Crippen molar-refractivity contribution in [2.75, 3.05) is 0 Å². The second-order valence-corrected chi connectivity index (χ2v) is 5.43. The third-order valence-electron chi connectivity index (χ3n) is 3.50. The molecule has 0 bridgehead atoms. The molecule has 0 saturated heterocycles. The first kappa shape index (κ1) is 17.7. The van der Waals surface area contributed by atoms with Gasteiger partial charge in [0.15, 0.2) is 0 Å². The normalized spacial score (nSPS) is 11.4. The fraction of sp³-hybridized carbons (Fsp3) is 0.833. The van der Waals surface area contributed by atoms with Crippen LogP contribution in [0.25, 0.3) is 0 Å². The maximum absolute atomic E-state index is 2.40. The highest BCUT2D eigenvalue weighted by Crippen LogP contribution is 2.09. The van der Waals surface area contributed by atoms with E-state index in [4.69, 9.17) is 0 Å². The molecule has 107 valence electrons. The van der Waals surface area contributed by atoms with Gasteiger partial charge < -0.3 is 0 Å². The first-order valence-electron chi connectivity index (χ1n) is 8.34. The van der Waals surface area contributed by atoms with Gasteiger partial charge in [-0.1, -0.05) is 83.8 Å². The molecule has 0 aromatic heterocycles. The van der Waals surface area contributed by atoms with Crippen LogP contribution in [-0.4, -0.2) is 0 Å². The number of hydrogen-bond acceptors (Lipinski definition) is 0. The minimum absolute atomic E-state index is 1.30. The van der Waals surface area contributed by atoms with Crippen molar-refractivity contribution in [3.63, 3.8) is 0 Å². The van der Waals surface area contributed by atoms with Crippen LogP contribution in [-0.2, 0) is 0 Å². The molecule has 1 radical (unpaired) electrons. The Morgan fingerprint density at radius 3 is 1.50 bits per heavy atom. The smallest absolute Gasteiger partial charge is 0.0351 e. The molecule has 0 aromatic rings. The Balaban J connectivity index is 3.00. The minimum atomic E-state index is 1.30. The first-order chi connectivity index (χ1) is 8.91. The standard InChI is InChI=1S/C18H35/c1-3-5-7-9-11-13-15-17-18-16-14-12-10-8-6-4-2/h3,17-18H,4-16H2,1-2H3. The second-order valence-electron chi connectivity index (χ2n) is 5.43. The lowest BCUT2D eigenvalue weighted by Gasteiger charge is -1.98. The average molecular weight is 251 g/mol. The van der Waals surface area contributed by atoms with E-state index in [0.717, 1.165) is 0 Å². The number of rotatable bonds is 14. The molecule has 0 aromatic carbocycles. The van der Waals surface area contributed by atoms with Gasteiger partial charge in [0.2, 0.25) is 0 Å². The second kappa shape index (κ2) is 16.7. The predicted octanol–water partition coefficient (Wildman–Crippen LogP) is 6.86. The fourth-order valence-electron chi connectivity index (χ4n) is 2.24. The van der Waals surface area contributed by atoms with E-state index in [9.17, 15) is 0 Å². The highest BCUT2D eigenvalue weighted by atomic mass is 14.0. The molecule has 0 rings (SSSR count). The third kappa shape index (κ3) is 15.7. The molecule has 0 heterocycles. The Kier molecular flexibility index (Phi) is 16.5. The van der Waals surface area contributed by atoms with Gasteiger partial charge in [-0.05, 0) is 32.1 Å². The minimum Gasteiger partial charge on any atom is -0.0885 e. The molecule has 0 aliphatic rings. The summed E-state index contributed by atoms with van der Waals surface area (Å²) in [6.07, 6.45) is 25.1. The van der Waals surface area contributed by atoms with E-state index in [-0.39, 0.29) is 0 Å². The quantitative estimate of drug-likeness (QED) is 0.234. The van der Waals surface area contributed by atoms with Crippen molar-refractivity contribution < 1.29 is 0 Å². The Morgan fingerprint density at radius 2 is 1.00 bits per heavy atom. The van der Waals surface area contributed by atoms with E-state index >= 15 is 0 Å². The van der Waals surface area contributed by atoms with Crippen LogP contribution in [0.15, 0.2) is 12.2 Å². The number of unbranched alkanes of at least 4 members (excludes halogenated alkanes) is 12. The van der Waals surface area contributed by atoms with Crippen LogP contribution in [0.2, 0.25) is 0 Å². The summed E-state index contributed by atoms with van der Waals surface area (Å²) in [7, 11) is 0. The lowest BCUT2D eigenvalue weighted by atomic mass is 10.1. The molecule has 0 aliphatic heterocycles. The van der Waals surface area contributed by atoms with Gasteiger partial charge in [-0.25, -0.2) is 0 Å². The summed E-state index contributed by atoms with van der Waals surface area (Å²) in [4.78, 5) is 0. The summed E-state index contributed by atoms with van der Waals surface area (Å²) < 4.78 is 0. The number of hydrogen-bond donors (Lipinski definition) is 0. The summed E-state index contributed by atoms with van der Waals surface area (Å²) in [5.74, 6) is 0. The molecule has 0 spiro atoms. The van der Waals surface area contributed by atoms with Crippen molar-refractivity contribution in [2.45, 2.75) is 97.3 Å². The molecule has 0 nitrogen and oxygen atoms in total. The molecule has 0 amide bonds. The van der Waals surface area contributed by atoms with Gasteiger partial charge in [0.1, 0.15) is 0 Å². The third-order valence-corrected chi connectivity index (χ3v) is 3.50. The zero-order valence-corrected chi connectivity index (χ0v) is 12.9. The maximum Gasteiger partial charge on any atom is -0.0351 e. The van der Waals surface area contributed by atoms with Crippen molar-refractivity contribution in [2.24, 2.45) is 0 Å². The van der Waals surface area contributed by atoms with Crippen LogP contribution in [0.1, 0.15) is 97.3 Å². The summed E-state index contributed by atoms with van der Waals surface area (Å²) in [6.45, 7) is 4.44. The van der Waals surface area contributed by atoms with E-state index in [1.54, 1.807) is 0 Å². The van der Waals surface area contributed by atoms with Crippen molar-refractivity contribution in [3.8, 4) is 0 Å². The Labute approximate surface area is 116 Å². The SMILES string of the molecule is C[CH]CCCCCCC=CCCCCCCCC. The summed E-state index contributed by atoms with van der Waals surface area (Å²) in [5, 5.41) is 0. The van der Waals surface area contributed by atoms with Gasteiger partial charge >= 0.3 is 0 Å². The van der Waals surface area contributed by atoms with Crippen LogP contribution in [0.4, 0.5) is 0 Å². The maximum atomic E-state index is 2.40. The Hall–Kier alpha value is -0.260. The van der Waals surface area contributed by atoms with Crippen LogP contribution in [0, 0.1) is 6.42 Å². The van der Waals surface area contributed by atoms with Crippen molar-refractivity contribution in [1.29, 1.82) is 0 Å². The monoisotopic (exact) mass is 251 g/mol. The van der Waals surface area contributed by atoms with Crippen LogP contribution in [0.5, 0.6) is 0 Å². The van der Waals surface area contributed by atoms with E-state index < -0.39 is 0 Å². The van der Waals surface area contributed by atoms with Crippen molar-refractivity contribution in [3.05, 3.63) is 18.6 Å². The average Bonchev–Trinajstić information content (AvgIpc) is 2.39. The molecule has 0 saturated carbocycles. The highest BCUT2D eigenvalue weighted by molar-refractivity contribution is 4.81. The van der Waals surface area contributed by atoms with Crippen LogP contribution in [0.3, 0.4) is 0 Å². The molecular weight excluding hydrogens is 216 g/mol. The van der Waals surface area contributed by atoms with E-state index in [1.165, 1.54) is 83.5 Å². The summed E-state index contributed by atoms with van der Waals surface area (Å²) in [5.41, 5.74) is 0. The van der Waals surface area contributed by atoms with Gasteiger partial charge in [-0.15, -0.1) is 0 Å². The molecule has 0 atom stereocenters. The molecular formula is C18H35. The van der Waals surface area contributed by atoms with Gasteiger partial charge in [0.25, 0.3) is 0 Å². The Bertz CT molecular complexity index is 139. The zero-order valence-electron chi connectivity index (χ0n) is 12.9. The zero-order chi connectivity index (χ0) is 13.3. The molecule has 0 heteroatoms. The van der Waals surface area contributed by atoms with Gasteiger partial charge in [0, 0.05) is 0 Å². The molecule has 0 aliphatic carbocycles. The van der Waals surface area contributed by atoms with Gasteiger partial charge in [-0.3, -0.25) is 0 Å². The molecule has 0 fully saturated rings. The molecule has 0 N–H and O–H groups in total. The first-order valence-corrected chi connectivity index (χ1v) is 8.34. The molecule has 0 unspecified atom stereocenters. The Morgan fingerprint density at radius 1 is 0.556 bits per heavy atom. The summed E-state index contributed by atoms with van der Waals surface area (Å²) in [6, 6.07) is 0. The van der Waals surface area contributed by atoms with E-state index in [2.05, 4.69) is 32.4 Å². The largest absolute Gasteiger partial charge is 0.0885 e. The van der Waals surface area contributed by atoms with Crippen LogP contribution >= 0.6 is 0 Å². The number of allylic oxidation sites excluding steroid dienone is 2. The fourth-order valence-corrected chi connectivity index (χ4v) is 2.24. The lowest BCUT2D eigenvalue weighted by Crippen LogP contribution is -1.79. The van der Waals surface area contributed by atoms with Crippen molar-refractivity contribution >= 4 is 0 Å². The van der Waals surface area contributed by atoms with E-state index in [0.29, 0.717) is 0 Å². The van der Waals surface area contributed by atoms with Gasteiger partial charge in [-0.2, -0.15) is 0 Å². The molecule has 18 heavy (non-hydrogen) atoms. The summed E-state index contributed by atoms with van der Waals surface area (Å²) >= 11 is 0.